The molecule has 1 aromatic heterocycles. The number of aromatic nitrogens is 2. The number of carbonyl (C=O) groups excluding carboxylic acids is 1. The van der Waals surface area contributed by atoms with Crippen molar-refractivity contribution in [3.8, 4) is 0 Å². The zero-order valence-corrected chi connectivity index (χ0v) is 13.7. The van der Waals surface area contributed by atoms with Gasteiger partial charge < -0.3 is 10.2 Å². The summed E-state index contributed by atoms with van der Waals surface area (Å²) in [7, 11) is 0.566. The SMILES string of the molecule is CN(C)C[C@@H]1CN(S(C)(=O)=O)C[C@H]1NC(=O)c1ncccn1. The summed E-state index contributed by atoms with van der Waals surface area (Å²) in [6.07, 6.45) is 4.18. The van der Waals surface area contributed by atoms with E-state index in [4.69, 9.17) is 0 Å². The zero-order chi connectivity index (χ0) is 16.3. The highest BCUT2D eigenvalue weighted by Crippen LogP contribution is 2.20. The number of amides is 1. The van der Waals surface area contributed by atoms with Crippen LogP contribution in [-0.2, 0) is 10.0 Å². The van der Waals surface area contributed by atoms with Gasteiger partial charge in [0.25, 0.3) is 5.91 Å². The lowest BCUT2D eigenvalue weighted by Crippen LogP contribution is -2.44. The molecule has 122 valence electrons. The normalized spacial score (nSPS) is 22.9. The van der Waals surface area contributed by atoms with Gasteiger partial charge in [-0.25, -0.2) is 18.4 Å². The smallest absolute Gasteiger partial charge is 0.289 e. The van der Waals surface area contributed by atoms with Crippen molar-refractivity contribution >= 4 is 15.9 Å². The van der Waals surface area contributed by atoms with Gasteiger partial charge >= 0.3 is 0 Å². The minimum atomic E-state index is -3.27. The number of hydrogen-bond acceptors (Lipinski definition) is 6. The maximum Gasteiger partial charge on any atom is 0.289 e. The molecule has 1 N–H and O–H groups in total. The van der Waals surface area contributed by atoms with Gasteiger partial charge in [0.15, 0.2) is 0 Å². The minimum absolute atomic E-state index is 0.0254. The summed E-state index contributed by atoms with van der Waals surface area (Å²) in [6.45, 7) is 1.36. The summed E-state index contributed by atoms with van der Waals surface area (Å²) in [5.41, 5.74) is 0. The Balaban J connectivity index is 2.10. The fourth-order valence-corrected chi connectivity index (χ4v) is 3.46. The van der Waals surface area contributed by atoms with Crippen molar-refractivity contribution in [2.75, 3.05) is 40.0 Å². The fourth-order valence-electron chi connectivity index (χ4n) is 2.57. The number of hydrogen-bond donors (Lipinski definition) is 1. The van der Waals surface area contributed by atoms with E-state index >= 15 is 0 Å². The Morgan fingerprint density at radius 3 is 2.55 bits per heavy atom. The molecule has 0 unspecified atom stereocenters. The van der Waals surface area contributed by atoms with Gasteiger partial charge in [0, 0.05) is 44.0 Å². The molecule has 0 aliphatic carbocycles. The van der Waals surface area contributed by atoms with Gasteiger partial charge in [-0.05, 0) is 20.2 Å². The van der Waals surface area contributed by atoms with Crippen LogP contribution in [0.5, 0.6) is 0 Å². The van der Waals surface area contributed by atoms with E-state index in [-0.39, 0.29) is 30.2 Å². The molecule has 0 spiro atoms. The molecule has 0 radical (unpaired) electrons. The predicted octanol–water partition coefficient (Wildman–Crippen LogP) is -0.972. The predicted molar refractivity (Wildman–Crippen MR) is 81.7 cm³/mol. The molecular weight excluding hydrogens is 306 g/mol. The quantitative estimate of drug-likeness (QED) is 0.747. The summed E-state index contributed by atoms with van der Waals surface area (Å²) in [5.74, 6) is -0.272. The Morgan fingerprint density at radius 2 is 2.00 bits per heavy atom. The number of nitrogens with one attached hydrogen (secondary N) is 1. The molecule has 0 bridgehead atoms. The first-order valence-electron chi connectivity index (χ1n) is 6.95. The Labute approximate surface area is 130 Å². The van der Waals surface area contributed by atoms with Crippen LogP contribution in [0, 0.1) is 5.92 Å². The molecule has 0 saturated carbocycles. The third-order valence-electron chi connectivity index (χ3n) is 3.56. The van der Waals surface area contributed by atoms with Crippen LogP contribution in [0.2, 0.25) is 0 Å². The fraction of sp³-hybridized carbons (Fsp3) is 0.615. The van der Waals surface area contributed by atoms with Crippen molar-refractivity contribution in [2.24, 2.45) is 5.92 Å². The summed E-state index contributed by atoms with van der Waals surface area (Å²) in [5, 5.41) is 2.86. The Kier molecular flexibility index (Phi) is 5.09. The molecule has 2 rings (SSSR count). The first kappa shape index (κ1) is 16.8. The molecule has 1 fully saturated rings. The Bertz CT molecular complexity index is 620. The van der Waals surface area contributed by atoms with E-state index in [1.807, 2.05) is 19.0 Å². The van der Waals surface area contributed by atoms with Crippen LogP contribution in [0.1, 0.15) is 10.6 Å². The third-order valence-corrected chi connectivity index (χ3v) is 4.80. The molecule has 0 aromatic carbocycles. The van der Waals surface area contributed by atoms with Crippen molar-refractivity contribution in [3.05, 3.63) is 24.3 Å². The maximum absolute atomic E-state index is 12.2. The van der Waals surface area contributed by atoms with Gasteiger partial charge in [0.1, 0.15) is 0 Å². The van der Waals surface area contributed by atoms with Gasteiger partial charge in [-0.1, -0.05) is 0 Å². The van der Waals surface area contributed by atoms with Gasteiger partial charge in [0.05, 0.1) is 6.26 Å². The average molecular weight is 327 g/mol. The molecule has 1 aromatic rings. The lowest BCUT2D eigenvalue weighted by atomic mass is 10.0. The molecule has 22 heavy (non-hydrogen) atoms. The van der Waals surface area contributed by atoms with Crippen LogP contribution in [0.15, 0.2) is 18.5 Å². The van der Waals surface area contributed by atoms with Crippen LogP contribution in [-0.4, -0.2) is 79.5 Å². The van der Waals surface area contributed by atoms with Gasteiger partial charge in [-0.2, -0.15) is 4.31 Å². The van der Waals surface area contributed by atoms with E-state index < -0.39 is 10.0 Å². The van der Waals surface area contributed by atoms with Crippen molar-refractivity contribution in [1.82, 2.24) is 24.5 Å². The van der Waals surface area contributed by atoms with Crippen molar-refractivity contribution in [2.45, 2.75) is 6.04 Å². The zero-order valence-electron chi connectivity index (χ0n) is 12.9. The standard InChI is InChI=1S/C13H21N5O3S/c1-17(2)7-10-8-18(22(3,20)21)9-11(10)16-13(19)12-14-5-4-6-15-12/h4-6,10-11H,7-9H2,1-3H3,(H,16,19)/t10-,11-/m1/s1. The monoisotopic (exact) mass is 327 g/mol. The summed E-state index contributed by atoms with van der Waals surface area (Å²) in [4.78, 5) is 22.0. The minimum Gasteiger partial charge on any atom is -0.345 e. The lowest BCUT2D eigenvalue weighted by molar-refractivity contribution is 0.0916. The molecule has 2 heterocycles. The number of nitrogens with zero attached hydrogens (tertiary/aromatic N) is 4. The second-order valence-electron chi connectivity index (χ2n) is 5.75. The molecule has 1 aliphatic rings. The van der Waals surface area contributed by atoms with Crippen LogP contribution in [0.3, 0.4) is 0 Å². The molecule has 1 amide bonds. The summed E-state index contributed by atoms with van der Waals surface area (Å²) in [6, 6.07) is 1.38. The third kappa shape index (κ3) is 4.21. The number of carbonyl (C=O) groups is 1. The van der Waals surface area contributed by atoms with Crippen LogP contribution >= 0.6 is 0 Å². The van der Waals surface area contributed by atoms with E-state index in [0.717, 1.165) is 0 Å². The van der Waals surface area contributed by atoms with E-state index in [1.54, 1.807) is 6.07 Å². The summed E-state index contributed by atoms with van der Waals surface area (Å²) >= 11 is 0. The van der Waals surface area contributed by atoms with E-state index in [9.17, 15) is 13.2 Å². The Hall–Kier alpha value is -1.58. The van der Waals surface area contributed by atoms with Gasteiger partial charge in [-0.3, -0.25) is 4.79 Å². The first-order valence-corrected chi connectivity index (χ1v) is 8.80. The molecule has 2 atom stereocenters. The second kappa shape index (κ2) is 6.67. The molecular formula is C13H21N5O3S. The summed E-state index contributed by atoms with van der Waals surface area (Å²) < 4.78 is 24.9. The molecule has 9 heteroatoms. The van der Waals surface area contributed by atoms with E-state index in [0.29, 0.717) is 13.1 Å². The van der Waals surface area contributed by atoms with Crippen molar-refractivity contribution in [3.63, 3.8) is 0 Å². The highest BCUT2D eigenvalue weighted by atomic mass is 32.2. The van der Waals surface area contributed by atoms with Crippen LogP contribution < -0.4 is 5.32 Å². The van der Waals surface area contributed by atoms with Crippen LogP contribution in [0.4, 0.5) is 0 Å². The number of rotatable bonds is 5. The largest absolute Gasteiger partial charge is 0.345 e. The second-order valence-corrected chi connectivity index (χ2v) is 7.74. The van der Waals surface area contributed by atoms with Gasteiger partial charge in [0.2, 0.25) is 15.8 Å². The molecule has 1 saturated heterocycles. The van der Waals surface area contributed by atoms with Gasteiger partial charge in [-0.15, -0.1) is 0 Å². The van der Waals surface area contributed by atoms with E-state index in [1.165, 1.54) is 23.0 Å². The first-order chi connectivity index (χ1) is 10.3. The molecule has 8 nitrogen and oxygen atoms in total. The highest BCUT2D eigenvalue weighted by molar-refractivity contribution is 7.88. The highest BCUT2D eigenvalue weighted by Gasteiger charge is 2.38. The maximum atomic E-state index is 12.2. The lowest BCUT2D eigenvalue weighted by Gasteiger charge is -2.22. The average Bonchev–Trinajstić information content (AvgIpc) is 2.82. The topological polar surface area (TPSA) is 95.5 Å². The van der Waals surface area contributed by atoms with Crippen LogP contribution in [0.25, 0.3) is 0 Å². The molecule has 1 aliphatic heterocycles. The van der Waals surface area contributed by atoms with E-state index in [2.05, 4.69) is 15.3 Å². The number of sulfonamides is 1. The van der Waals surface area contributed by atoms with Crippen molar-refractivity contribution < 1.29 is 13.2 Å². The Morgan fingerprint density at radius 1 is 1.36 bits per heavy atom. The van der Waals surface area contributed by atoms with Crippen molar-refractivity contribution in [1.29, 1.82) is 0 Å².